The second-order valence-corrected chi connectivity index (χ2v) is 4.54. The molecule has 102 valence electrons. The summed E-state index contributed by atoms with van der Waals surface area (Å²) in [5, 5.41) is 15.8. The summed E-state index contributed by atoms with van der Waals surface area (Å²) in [5.41, 5.74) is 0.660. The lowest BCUT2D eigenvalue weighted by molar-refractivity contribution is -0.122. The fourth-order valence-corrected chi connectivity index (χ4v) is 1.57. The highest BCUT2D eigenvalue weighted by molar-refractivity contribution is 5.75. The topological polar surface area (TPSA) is 87.8 Å². The summed E-state index contributed by atoms with van der Waals surface area (Å²) in [4.78, 5) is 23.7. The first-order chi connectivity index (χ1) is 8.90. The molecular weight excluding hydrogens is 244 g/mol. The van der Waals surface area contributed by atoms with E-state index in [0.29, 0.717) is 11.3 Å². The number of amides is 1. The van der Waals surface area contributed by atoms with Crippen molar-refractivity contribution < 1.29 is 4.79 Å². The predicted molar refractivity (Wildman–Crippen MR) is 70.6 cm³/mol. The Morgan fingerprint density at radius 2 is 2.16 bits per heavy atom. The van der Waals surface area contributed by atoms with Crippen molar-refractivity contribution in [3.8, 4) is 6.07 Å². The Hall–Kier alpha value is -2.16. The maximum atomic E-state index is 12.0. The van der Waals surface area contributed by atoms with Gasteiger partial charge in [-0.3, -0.25) is 9.59 Å². The molecule has 1 N–H and O–H groups in total. The van der Waals surface area contributed by atoms with E-state index in [4.69, 9.17) is 5.26 Å². The van der Waals surface area contributed by atoms with Crippen LogP contribution in [0.25, 0.3) is 0 Å². The number of hydrogen-bond acceptors (Lipinski definition) is 4. The molecule has 0 saturated heterocycles. The van der Waals surface area contributed by atoms with Gasteiger partial charge in [0, 0.05) is 6.04 Å². The summed E-state index contributed by atoms with van der Waals surface area (Å²) in [6.45, 7) is 7.05. The first-order valence-corrected chi connectivity index (χ1v) is 6.18. The molecule has 1 rings (SSSR count). The first kappa shape index (κ1) is 14.9. The van der Waals surface area contributed by atoms with E-state index < -0.39 is 5.56 Å². The van der Waals surface area contributed by atoms with Gasteiger partial charge >= 0.3 is 0 Å². The van der Waals surface area contributed by atoms with E-state index in [1.165, 1.54) is 0 Å². The van der Waals surface area contributed by atoms with Gasteiger partial charge in [-0.25, -0.2) is 4.68 Å². The van der Waals surface area contributed by atoms with Crippen LogP contribution in [0.4, 0.5) is 0 Å². The molecule has 1 heterocycles. The number of nitriles is 1. The van der Waals surface area contributed by atoms with Gasteiger partial charge in [-0.1, -0.05) is 6.92 Å². The third-order valence-electron chi connectivity index (χ3n) is 3.06. The summed E-state index contributed by atoms with van der Waals surface area (Å²) in [6, 6.07) is 1.91. The molecule has 6 heteroatoms. The minimum atomic E-state index is -0.523. The molecule has 0 aliphatic carbocycles. The molecule has 0 unspecified atom stereocenters. The van der Waals surface area contributed by atoms with Gasteiger partial charge in [0.25, 0.3) is 5.56 Å². The Kier molecular flexibility index (Phi) is 4.81. The molecule has 1 atom stereocenters. The lowest BCUT2D eigenvalue weighted by Gasteiger charge is -2.12. The van der Waals surface area contributed by atoms with Crippen LogP contribution in [0, 0.1) is 25.2 Å². The summed E-state index contributed by atoms with van der Waals surface area (Å²) in [5.74, 6) is -0.281. The van der Waals surface area contributed by atoms with E-state index in [-0.39, 0.29) is 24.1 Å². The number of rotatable bonds is 4. The van der Waals surface area contributed by atoms with Gasteiger partial charge < -0.3 is 5.32 Å². The molecule has 0 fully saturated rings. The predicted octanol–water partition coefficient (Wildman–Crippen LogP) is 0.647. The Labute approximate surface area is 112 Å². The van der Waals surface area contributed by atoms with Crippen LogP contribution in [0.15, 0.2) is 4.79 Å². The molecule has 0 aliphatic heterocycles. The standard InChI is InChI=1S/C13H18N4O2/c1-5-8(2)15-12(18)7-17-13(19)11(6-14)9(3)10(4)16-17/h8H,5,7H2,1-4H3,(H,15,18)/t8-/m0/s1. The van der Waals surface area contributed by atoms with E-state index >= 15 is 0 Å². The number of nitrogens with zero attached hydrogens (tertiary/aromatic N) is 3. The van der Waals surface area contributed by atoms with Crippen molar-refractivity contribution in [1.29, 1.82) is 5.26 Å². The summed E-state index contributed by atoms with van der Waals surface area (Å²) < 4.78 is 1.04. The van der Waals surface area contributed by atoms with Crippen LogP contribution >= 0.6 is 0 Å². The first-order valence-electron chi connectivity index (χ1n) is 6.18. The quantitative estimate of drug-likeness (QED) is 0.862. The van der Waals surface area contributed by atoms with Gasteiger partial charge in [0.05, 0.1) is 5.69 Å². The Morgan fingerprint density at radius 3 is 2.68 bits per heavy atom. The fourth-order valence-electron chi connectivity index (χ4n) is 1.57. The molecule has 0 aliphatic rings. The third-order valence-corrected chi connectivity index (χ3v) is 3.06. The number of aromatic nitrogens is 2. The van der Waals surface area contributed by atoms with Crippen LogP contribution in [0.3, 0.4) is 0 Å². The summed E-state index contributed by atoms with van der Waals surface area (Å²) in [7, 11) is 0. The number of nitrogens with one attached hydrogen (secondary N) is 1. The monoisotopic (exact) mass is 262 g/mol. The second-order valence-electron chi connectivity index (χ2n) is 4.54. The van der Waals surface area contributed by atoms with E-state index in [9.17, 15) is 9.59 Å². The maximum Gasteiger partial charge on any atom is 0.285 e. The largest absolute Gasteiger partial charge is 0.352 e. The van der Waals surface area contributed by atoms with E-state index in [2.05, 4.69) is 10.4 Å². The van der Waals surface area contributed by atoms with Crippen LogP contribution in [0.2, 0.25) is 0 Å². The van der Waals surface area contributed by atoms with Crippen molar-refractivity contribution in [3.63, 3.8) is 0 Å². The van der Waals surface area contributed by atoms with Crippen molar-refractivity contribution in [2.75, 3.05) is 0 Å². The van der Waals surface area contributed by atoms with Gasteiger partial charge in [-0.2, -0.15) is 10.4 Å². The lowest BCUT2D eigenvalue weighted by Crippen LogP contribution is -2.39. The normalized spacial score (nSPS) is 11.7. The van der Waals surface area contributed by atoms with Crippen molar-refractivity contribution in [3.05, 3.63) is 27.2 Å². The highest BCUT2D eigenvalue weighted by Crippen LogP contribution is 2.04. The highest BCUT2D eigenvalue weighted by atomic mass is 16.2. The molecule has 1 amide bonds. The van der Waals surface area contributed by atoms with Crippen LogP contribution in [0.5, 0.6) is 0 Å². The van der Waals surface area contributed by atoms with Crippen molar-refractivity contribution in [1.82, 2.24) is 15.1 Å². The summed E-state index contributed by atoms with van der Waals surface area (Å²) >= 11 is 0. The number of carbonyl (C=O) groups excluding carboxylic acids is 1. The van der Waals surface area contributed by atoms with Crippen LogP contribution in [0.1, 0.15) is 37.1 Å². The van der Waals surface area contributed by atoms with E-state index in [1.807, 2.05) is 19.9 Å². The Balaban J connectivity index is 3.04. The zero-order valence-electron chi connectivity index (χ0n) is 11.6. The van der Waals surface area contributed by atoms with Crippen molar-refractivity contribution in [2.24, 2.45) is 0 Å². The molecule has 1 aromatic rings. The molecule has 0 aromatic carbocycles. The fraction of sp³-hybridized carbons (Fsp3) is 0.538. The van der Waals surface area contributed by atoms with Gasteiger partial charge in [0.1, 0.15) is 18.2 Å². The van der Waals surface area contributed by atoms with Crippen LogP contribution in [-0.4, -0.2) is 21.7 Å². The molecule has 6 nitrogen and oxygen atoms in total. The van der Waals surface area contributed by atoms with Gasteiger partial charge in [-0.15, -0.1) is 0 Å². The molecule has 0 bridgehead atoms. The minimum Gasteiger partial charge on any atom is -0.352 e. The molecule has 19 heavy (non-hydrogen) atoms. The lowest BCUT2D eigenvalue weighted by atomic mass is 10.1. The van der Waals surface area contributed by atoms with Crippen LogP contribution in [-0.2, 0) is 11.3 Å². The Bertz CT molecular complexity index is 584. The average Bonchev–Trinajstić information content (AvgIpc) is 2.36. The molecular formula is C13H18N4O2. The Morgan fingerprint density at radius 1 is 1.53 bits per heavy atom. The van der Waals surface area contributed by atoms with E-state index in [0.717, 1.165) is 11.1 Å². The highest BCUT2D eigenvalue weighted by Gasteiger charge is 2.14. The average molecular weight is 262 g/mol. The summed E-state index contributed by atoms with van der Waals surface area (Å²) in [6.07, 6.45) is 0.810. The number of carbonyl (C=O) groups is 1. The van der Waals surface area contributed by atoms with Gasteiger partial charge in [0.2, 0.25) is 5.91 Å². The molecule has 0 saturated carbocycles. The number of aryl methyl sites for hydroxylation is 1. The molecule has 0 spiro atoms. The van der Waals surface area contributed by atoms with E-state index in [1.54, 1.807) is 13.8 Å². The molecule has 0 radical (unpaired) electrons. The van der Waals surface area contributed by atoms with Crippen molar-refractivity contribution >= 4 is 5.91 Å². The SMILES string of the molecule is CC[C@H](C)NC(=O)Cn1nc(C)c(C)c(C#N)c1=O. The third kappa shape index (κ3) is 3.41. The van der Waals surface area contributed by atoms with Gasteiger partial charge in [0.15, 0.2) is 0 Å². The minimum absolute atomic E-state index is 0.0452. The second kappa shape index (κ2) is 6.14. The van der Waals surface area contributed by atoms with Gasteiger partial charge in [-0.05, 0) is 32.8 Å². The molecule has 1 aromatic heterocycles. The smallest absolute Gasteiger partial charge is 0.285 e. The number of hydrogen-bond donors (Lipinski definition) is 1. The maximum absolute atomic E-state index is 12.0. The zero-order chi connectivity index (χ0) is 14.6. The zero-order valence-corrected chi connectivity index (χ0v) is 11.6. The van der Waals surface area contributed by atoms with Crippen LogP contribution < -0.4 is 10.9 Å². The van der Waals surface area contributed by atoms with Crippen molar-refractivity contribution in [2.45, 2.75) is 46.7 Å².